The third kappa shape index (κ3) is 1.91. The number of hydrogen-bond donors (Lipinski definition) is 1. The van der Waals surface area contributed by atoms with E-state index in [0.29, 0.717) is 5.76 Å². The van der Waals surface area contributed by atoms with Crippen LogP contribution in [0.3, 0.4) is 0 Å². The SMILES string of the molecule is CC(C)[C@@H](O)C1=COC(C)(C)O1. The molecule has 0 saturated carbocycles. The molecule has 3 heteroatoms. The fourth-order valence-electron chi connectivity index (χ4n) is 0.991. The van der Waals surface area contributed by atoms with Gasteiger partial charge in [-0.2, -0.15) is 0 Å². The lowest BCUT2D eigenvalue weighted by Crippen LogP contribution is -2.25. The van der Waals surface area contributed by atoms with E-state index in [0.717, 1.165) is 0 Å². The van der Waals surface area contributed by atoms with Crippen molar-refractivity contribution in [3.8, 4) is 0 Å². The molecule has 1 aliphatic rings. The molecule has 0 saturated heterocycles. The maximum atomic E-state index is 9.59. The van der Waals surface area contributed by atoms with E-state index in [1.807, 2.05) is 27.7 Å². The Morgan fingerprint density at radius 2 is 2.00 bits per heavy atom. The van der Waals surface area contributed by atoms with Crippen LogP contribution < -0.4 is 0 Å². The second-order valence-corrected chi connectivity index (χ2v) is 3.83. The molecule has 0 bridgehead atoms. The summed E-state index contributed by atoms with van der Waals surface area (Å²) >= 11 is 0. The lowest BCUT2D eigenvalue weighted by Gasteiger charge is -2.21. The van der Waals surface area contributed by atoms with Crippen molar-refractivity contribution in [3.05, 3.63) is 12.0 Å². The first-order valence-electron chi connectivity index (χ1n) is 4.17. The fraction of sp³-hybridized carbons (Fsp3) is 0.778. The summed E-state index contributed by atoms with van der Waals surface area (Å²) in [5.74, 6) is 0.0503. The Balaban J connectivity index is 2.57. The summed E-state index contributed by atoms with van der Waals surface area (Å²) in [7, 11) is 0. The number of ether oxygens (including phenoxy) is 2. The molecule has 1 aliphatic heterocycles. The van der Waals surface area contributed by atoms with Crippen LogP contribution in [0.15, 0.2) is 12.0 Å². The van der Waals surface area contributed by atoms with Crippen molar-refractivity contribution >= 4 is 0 Å². The van der Waals surface area contributed by atoms with Gasteiger partial charge in [0, 0.05) is 13.8 Å². The highest BCUT2D eigenvalue weighted by Gasteiger charge is 2.32. The van der Waals surface area contributed by atoms with Crippen LogP contribution in [0, 0.1) is 5.92 Å². The van der Waals surface area contributed by atoms with Gasteiger partial charge in [-0.15, -0.1) is 0 Å². The lowest BCUT2D eigenvalue weighted by molar-refractivity contribution is -0.126. The van der Waals surface area contributed by atoms with E-state index in [2.05, 4.69) is 0 Å². The Bertz CT molecular complexity index is 194. The smallest absolute Gasteiger partial charge is 0.244 e. The van der Waals surface area contributed by atoms with E-state index in [1.165, 1.54) is 6.26 Å². The Morgan fingerprint density at radius 3 is 2.33 bits per heavy atom. The molecule has 0 aliphatic carbocycles. The molecule has 70 valence electrons. The van der Waals surface area contributed by atoms with E-state index < -0.39 is 11.9 Å². The Morgan fingerprint density at radius 1 is 1.42 bits per heavy atom. The van der Waals surface area contributed by atoms with Crippen molar-refractivity contribution in [2.24, 2.45) is 5.92 Å². The van der Waals surface area contributed by atoms with Gasteiger partial charge in [0.2, 0.25) is 5.79 Å². The van der Waals surface area contributed by atoms with Crippen LogP contribution in [0.5, 0.6) is 0 Å². The molecule has 0 unspecified atom stereocenters. The standard InChI is InChI=1S/C9H16O3/c1-6(2)8(10)7-5-11-9(3,4)12-7/h5-6,8,10H,1-4H3/t8-/m1/s1. The van der Waals surface area contributed by atoms with E-state index >= 15 is 0 Å². The third-order valence-corrected chi connectivity index (χ3v) is 1.75. The molecule has 1 N–H and O–H groups in total. The molecular weight excluding hydrogens is 156 g/mol. The monoisotopic (exact) mass is 172 g/mol. The van der Waals surface area contributed by atoms with Crippen LogP contribution in [-0.2, 0) is 9.47 Å². The minimum absolute atomic E-state index is 0.147. The summed E-state index contributed by atoms with van der Waals surface area (Å²) in [4.78, 5) is 0. The summed E-state index contributed by atoms with van der Waals surface area (Å²) < 4.78 is 10.5. The zero-order valence-electron chi connectivity index (χ0n) is 8.00. The van der Waals surface area contributed by atoms with E-state index in [1.54, 1.807) is 0 Å². The fourth-order valence-corrected chi connectivity index (χ4v) is 0.991. The Labute approximate surface area is 73.0 Å². The van der Waals surface area contributed by atoms with Gasteiger partial charge in [-0.1, -0.05) is 13.8 Å². The Kier molecular flexibility index (Phi) is 2.33. The van der Waals surface area contributed by atoms with Crippen LogP contribution in [0.2, 0.25) is 0 Å². The van der Waals surface area contributed by atoms with E-state index in [4.69, 9.17) is 9.47 Å². The molecule has 0 aromatic heterocycles. The van der Waals surface area contributed by atoms with Gasteiger partial charge in [-0.3, -0.25) is 0 Å². The highest BCUT2D eigenvalue weighted by Crippen LogP contribution is 2.28. The van der Waals surface area contributed by atoms with Gasteiger partial charge in [0.1, 0.15) is 12.4 Å². The van der Waals surface area contributed by atoms with Gasteiger partial charge in [0.05, 0.1) is 0 Å². The van der Waals surface area contributed by atoms with Crippen molar-refractivity contribution in [1.82, 2.24) is 0 Å². The molecule has 0 amide bonds. The maximum absolute atomic E-state index is 9.59. The first kappa shape index (κ1) is 9.39. The van der Waals surface area contributed by atoms with Crippen molar-refractivity contribution in [3.63, 3.8) is 0 Å². The number of hydrogen-bond acceptors (Lipinski definition) is 3. The van der Waals surface area contributed by atoms with Gasteiger partial charge < -0.3 is 14.6 Å². The van der Waals surface area contributed by atoms with Gasteiger partial charge >= 0.3 is 0 Å². The Hall–Kier alpha value is -0.700. The molecule has 3 nitrogen and oxygen atoms in total. The predicted molar refractivity (Wildman–Crippen MR) is 45.2 cm³/mol. The molecule has 1 rings (SSSR count). The van der Waals surface area contributed by atoms with Crippen molar-refractivity contribution in [2.45, 2.75) is 39.6 Å². The minimum atomic E-state index is -0.620. The van der Waals surface area contributed by atoms with Gasteiger partial charge in [0.15, 0.2) is 5.76 Å². The highest BCUT2D eigenvalue weighted by atomic mass is 16.7. The average molecular weight is 172 g/mol. The maximum Gasteiger partial charge on any atom is 0.244 e. The molecule has 0 fully saturated rings. The average Bonchev–Trinajstić information content (AvgIpc) is 2.28. The third-order valence-electron chi connectivity index (χ3n) is 1.75. The summed E-state index contributed by atoms with van der Waals surface area (Å²) in [6, 6.07) is 0. The van der Waals surface area contributed by atoms with Gasteiger partial charge in [-0.25, -0.2) is 0 Å². The molecule has 0 spiro atoms. The summed E-state index contributed by atoms with van der Waals surface area (Å²) in [6.07, 6.45) is 0.928. The molecule has 0 aromatic carbocycles. The highest BCUT2D eigenvalue weighted by molar-refractivity contribution is 5.02. The van der Waals surface area contributed by atoms with E-state index in [-0.39, 0.29) is 5.92 Å². The van der Waals surface area contributed by atoms with Crippen LogP contribution in [0.25, 0.3) is 0 Å². The number of aliphatic hydroxyl groups excluding tert-OH is 1. The zero-order valence-corrected chi connectivity index (χ0v) is 8.00. The first-order chi connectivity index (χ1) is 5.42. The van der Waals surface area contributed by atoms with Gasteiger partial charge in [0.25, 0.3) is 0 Å². The normalized spacial score (nSPS) is 23.0. The van der Waals surface area contributed by atoms with Crippen molar-refractivity contribution < 1.29 is 14.6 Å². The van der Waals surface area contributed by atoms with Crippen LogP contribution >= 0.6 is 0 Å². The molecule has 1 heterocycles. The molecular formula is C9H16O3. The number of rotatable bonds is 2. The minimum Gasteiger partial charge on any atom is -0.457 e. The predicted octanol–water partition coefficient (Wildman–Crippen LogP) is 1.63. The molecule has 1 atom stereocenters. The summed E-state index contributed by atoms with van der Waals surface area (Å²) in [5.41, 5.74) is 0. The molecule has 12 heavy (non-hydrogen) atoms. The van der Waals surface area contributed by atoms with Crippen LogP contribution in [0.4, 0.5) is 0 Å². The second kappa shape index (κ2) is 2.98. The number of aliphatic hydroxyl groups is 1. The van der Waals surface area contributed by atoms with Crippen LogP contribution in [-0.4, -0.2) is 17.0 Å². The van der Waals surface area contributed by atoms with Gasteiger partial charge in [-0.05, 0) is 5.92 Å². The zero-order chi connectivity index (χ0) is 9.35. The van der Waals surface area contributed by atoms with Crippen molar-refractivity contribution in [1.29, 1.82) is 0 Å². The van der Waals surface area contributed by atoms with Crippen molar-refractivity contribution in [2.75, 3.05) is 0 Å². The van der Waals surface area contributed by atoms with E-state index in [9.17, 15) is 5.11 Å². The first-order valence-corrected chi connectivity index (χ1v) is 4.17. The summed E-state index contributed by atoms with van der Waals surface area (Å²) in [6.45, 7) is 7.48. The molecule has 0 aromatic rings. The molecule has 0 radical (unpaired) electrons. The quantitative estimate of drug-likeness (QED) is 0.688. The second-order valence-electron chi connectivity index (χ2n) is 3.83. The topological polar surface area (TPSA) is 38.7 Å². The summed E-state index contributed by atoms with van der Waals surface area (Å²) in [5, 5.41) is 9.59. The lowest BCUT2D eigenvalue weighted by atomic mass is 10.1. The van der Waals surface area contributed by atoms with Crippen LogP contribution in [0.1, 0.15) is 27.7 Å². The largest absolute Gasteiger partial charge is 0.457 e.